The zero-order valence-electron chi connectivity index (χ0n) is 15.2. The van der Waals surface area contributed by atoms with Gasteiger partial charge in [-0.1, -0.05) is 26.2 Å². The molecule has 0 aliphatic rings. The highest BCUT2D eigenvalue weighted by Crippen LogP contribution is 2.16. The molecule has 0 unspecified atom stereocenters. The van der Waals surface area contributed by atoms with Gasteiger partial charge in [0.25, 0.3) is 0 Å². The van der Waals surface area contributed by atoms with E-state index in [1.807, 2.05) is 6.07 Å². The number of anilines is 1. The second-order valence-electron chi connectivity index (χ2n) is 6.04. The van der Waals surface area contributed by atoms with Crippen LogP contribution >= 0.6 is 0 Å². The second kappa shape index (κ2) is 10.8. The third-order valence-electron chi connectivity index (χ3n) is 3.97. The molecule has 9 nitrogen and oxygen atoms in total. The maximum atomic E-state index is 12.4. The molecule has 144 valence electrons. The highest BCUT2D eigenvalue weighted by Gasteiger charge is 2.20. The molecule has 2 rings (SSSR count). The highest BCUT2D eigenvalue weighted by molar-refractivity contribution is 5.80. The van der Waals surface area contributed by atoms with E-state index >= 15 is 0 Å². The summed E-state index contributed by atoms with van der Waals surface area (Å²) in [5.41, 5.74) is 6.73. The number of aromatic nitrogens is 3. The van der Waals surface area contributed by atoms with Crippen LogP contribution in [0.25, 0.3) is 11.3 Å². The highest BCUT2D eigenvalue weighted by atomic mass is 16.5. The molecular formula is C18H24N6O3. The topological polar surface area (TPSA) is 120 Å². The molecule has 0 aliphatic carbocycles. The van der Waals surface area contributed by atoms with Gasteiger partial charge < -0.3 is 0 Å². The quantitative estimate of drug-likeness (QED) is 0.239. The number of amides is 2. The van der Waals surface area contributed by atoms with E-state index in [1.165, 1.54) is 0 Å². The normalized spacial score (nSPS) is 11.5. The molecular weight excluding hydrogens is 348 g/mol. The second-order valence-corrected chi connectivity index (χ2v) is 6.04. The lowest BCUT2D eigenvalue weighted by molar-refractivity contribution is -0.154. The lowest BCUT2D eigenvalue weighted by Crippen LogP contribution is -2.40. The number of rotatable bonds is 11. The predicted octanol–water partition coefficient (Wildman–Crippen LogP) is 2.03. The van der Waals surface area contributed by atoms with Gasteiger partial charge in [-0.3, -0.25) is 30.6 Å². The number of nitrogens with zero attached hydrogens (tertiary/aromatic N) is 4. The number of hydrogen-bond donors (Lipinski definition) is 3. The van der Waals surface area contributed by atoms with Gasteiger partial charge in [0.15, 0.2) is 0 Å². The van der Waals surface area contributed by atoms with Gasteiger partial charge in [-0.05, 0) is 24.6 Å². The third kappa shape index (κ3) is 6.63. The Morgan fingerprint density at radius 1 is 1.33 bits per heavy atom. The van der Waals surface area contributed by atoms with Crippen molar-refractivity contribution in [1.82, 2.24) is 25.4 Å². The van der Waals surface area contributed by atoms with Crippen molar-refractivity contribution in [2.45, 2.75) is 32.6 Å². The fourth-order valence-electron chi connectivity index (χ4n) is 2.53. The molecule has 2 aromatic rings. The van der Waals surface area contributed by atoms with E-state index in [2.05, 4.69) is 32.7 Å². The zero-order chi connectivity index (χ0) is 19.5. The Hall–Kier alpha value is -3.07. The number of hydrogen-bond acceptors (Lipinski definition) is 7. The van der Waals surface area contributed by atoms with Crippen LogP contribution in [-0.4, -0.2) is 44.1 Å². The number of carbonyl (C=O) groups excluding carboxylic acids is 2. The first-order valence-corrected chi connectivity index (χ1v) is 8.84. The van der Waals surface area contributed by atoms with Gasteiger partial charge in [0.1, 0.15) is 0 Å². The number of unbranched alkanes of at least 4 members (excludes halogenated alkanes) is 2. The summed E-state index contributed by atoms with van der Waals surface area (Å²) in [6, 6.07) is 5.42. The molecule has 0 saturated carbocycles. The van der Waals surface area contributed by atoms with Crippen molar-refractivity contribution in [3.05, 3.63) is 36.8 Å². The summed E-state index contributed by atoms with van der Waals surface area (Å²) in [6.07, 6.45) is 8.59. The maximum Gasteiger partial charge on any atom is 0.243 e. The van der Waals surface area contributed by atoms with Crippen molar-refractivity contribution in [2.75, 3.05) is 12.0 Å². The maximum absolute atomic E-state index is 12.4. The smallest absolute Gasteiger partial charge is 0.243 e. The SMILES string of the molecule is CCCCC[C@@H](CN(O)C=O)C(=O)NNc1nccc(-c2cccnc2)n1. The monoisotopic (exact) mass is 372 g/mol. The van der Waals surface area contributed by atoms with E-state index in [4.69, 9.17) is 0 Å². The van der Waals surface area contributed by atoms with Gasteiger partial charge in [-0.15, -0.1) is 0 Å². The molecule has 3 N–H and O–H groups in total. The van der Waals surface area contributed by atoms with Crippen LogP contribution in [0.4, 0.5) is 5.95 Å². The number of carbonyl (C=O) groups is 2. The van der Waals surface area contributed by atoms with Gasteiger partial charge in [0.2, 0.25) is 18.3 Å². The minimum Gasteiger partial charge on any atom is -0.286 e. The first-order valence-electron chi connectivity index (χ1n) is 8.84. The Kier molecular flexibility index (Phi) is 8.11. The van der Waals surface area contributed by atoms with E-state index in [9.17, 15) is 14.8 Å². The van der Waals surface area contributed by atoms with Crippen LogP contribution in [0.5, 0.6) is 0 Å². The van der Waals surface area contributed by atoms with E-state index < -0.39 is 5.92 Å². The third-order valence-corrected chi connectivity index (χ3v) is 3.97. The van der Waals surface area contributed by atoms with Crippen molar-refractivity contribution in [1.29, 1.82) is 0 Å². The average molecular weight is 372 g/mol. The lowest BCUT2D eigenvalue weighted by Gasteiger charge is -2.19. The molecule has 0 aliphatic heterocycles. The minimum absolute atomic E-state index is 0.0721. The summed E-state index contributed by atoms with van der Waals surface area (Å²) in [4.78, 5) is 35.5. The summed E-state index contributed by atoms with van der Waals surface area (Å²) < 4.78 is 0. The zero-order valence-corrected chi connectivity index (χ0v) is 15.2. The van der Waals surface area contributed by atoms with Crippen LogP contribution in [0.3, 0.4) is 0 Å². The van der Waals surface area contributed by atoms with Crippen molar-refractivity contribution in [2.24, 2.45) is 5.92 Å². The Morgan fingerprint density at radius 2 is 2.19 bits per heavy atom. The molecule has 0 saturated heterocycles. The standard InChI is InChI=1S/C18H24N6O3/c1-2-3-4-6-15(12-24(27)13-25)17(26)22-23-18-20-10-8-16(21-18)14-7-5-9-19-11-14/h5,7-11,13,15,27H,2-4,6,12H2,1H3,(H,22,26)(H,20,21,23)/t15-/m0/s1. The number of nitrogens with one attached hydrogen (secondary N) is 2. The van der Waals surface area contributed by atoms with Crippen LogP contribution in [-0.2, 0) is 9.59 Å². The summed E-state index contributed by atoms with van der Waals surface area (Å²) in [6.45, 7) is 1.99. The molecule has 2 heterocycles. The van der Waals surface area contributed by atoms with Crippen molar-refractivity contribution < 1.29 is 14.8 Å². The van der Waals surface area contributed by atoms with Crippen molar-refractivity contribution >= 4 is 18.3 Å². The fourth-order valence-corrected chi connectivity index (χ4v) is 2.53. The number of hydrazine groups is 1. The molecule has 0 radical (unpaired) electrons. The van der Waals surface area contributed by atoms with Gasteiger partial charge >= 0.3 is 0 Å². The van der Waals surface area contributed by atoms with Crippen LogP contribution in [0, 0.1) is 5.92 Å². The minimum atomic E-state index is -0.541. The summed E-state index contributed by atoms with van der Waals surface area (Å²) in [7, 11) is 0. The Bertz CT molecular complexity index is 728. The Morgan fingerprint density at radius 3 is 2.89 bits per heavy atom. The van der Waals surface area contributed by atoms with Crippen LogP contribution in [0.1, 0.15) is 32.6 Å². The Balaban J connectivity index is 1.98. The van der Waals surface area contributed by atoms with Gasteiger partial charge in [-0.2, -0.15) is 0 Å². The molecule has 0 aromatic carbocycles. The number of hydroxylamine groups is 2. The fraction of sp³-hybridized carbons (Fsp3) is 0.389. The van der Waals surface area contributed by atoms with Crippen LogP contribution < -0.4 is 10.9 Å². The molecule has 2 amide bonds. The first-order chi connectivity index (χ1) is 13.1. The van der Waals surface area contributed by atoms with E-state index in [0.717, 1.165) is 24.8 Å². The van der Waals surface area contributed by atoms with Gasteiger partial charge in [0, 0.05) is 24.2 Å². The molecule has 0 fully saturated rings. The van der Waals surface area contributed by atoms with E-state index in [1.54, 1.807) is 30.7 Å². The van der Waals surface area contributed by atoms with Gasteiger partial charge in [-0.25, -0.2) is 15.0 Å². The molecule has 9 heteroatoms. The van der Waals surface area contributed by atoms with Crippen molar-refractivity contribution in [3.8, 4) is 11.3 Å². The van der Waals surface area contributed by atoms with Gasteiger partial charge in [0.05, 0.1) is 18.2 Å². The molecule has 2 aromatic heterocycles. The largest absolute Gasteiger partial charge is 0.286 e. The summed E-state index contributed by atoms with van der Waals surface area (Å²) >= 11 is 0. The summed E-state index contributed by atoms with van der Waals surface area (Å²) in [5, 5.41) is 9.90. The molecule has 27 heavy (non-hydrogen) atoms. The molecule has 1 atom stereocenters. The number of pyridine rings is 1. The first kappa shape index (κ1) is 20.2. The van der Waals surface area contributed by atoms with E-state index in [-0.39, 0.29) is 24.8 Å². The van der Waals surface area contributed by atoms with Crippen molar-refractivity contribution in [3.63, 3.8) is 0 Å². The molecule has 0 bridgehead atoms. The summed E-state index contributed by atoms with van der Waals surface area (Å²) in [5.74, 6) is -0.656. The molecule has 0 spiro atoms. The van der Waals surface area contributed by atoms with E-state index in [0.29, 0.717) is 17.2 Å². The lowest BCUT2D eigenvalue weighted by atomic mass is 10.0. The Labute approximate surface area is 157 Å². The predicted molar refractivity (Wildman–Crippen MR) is 99.2 cm³/mol. The average Bonchev–Trinajstić information content (AvgIpc) is 2.72. The van der Waals surface area contributed by atoms with Crippen LogP contribution in [0.2, 0.25) is 0 Å². The van der Waals surface area contributed by atoms with Crippen LogP contribution in [0.15, 0.2) is 36.8 Å².